The number of aromatic amines is 1. The average molecular weight is 293 g/mol. The largest absolute Gasteiger partial charge is 0.504 e. The fourth-order valence-corrected chi connectivity index (χ4v) is 3.10. The lowest BCUT2D eigenvalue weighted by Crippen LogP contribution is -2.10. The molecule has 3 N–H and O–H groups in total. The molecule has 5 heteroatoms. The molecule has 0 bridgehead atoms. The van der Waals surface area contributed by atoms with E-state index in [1.165, 1.54) is 6.07 Å². The quantitative estimate of drug-likeness (QED) is 0.499. The molecule has 4 rings (SSSR count). The van der Waals surface area contributed by atoms with Crippen LogP contribution in [0.15, 0.2) is 46.1 Å². The minimum Gasteiger partial charge on any atom is -0.504 e. The summed E-state index contributed by atoms with van der Waals surface area (Å²) in [6, 6.07) is 8.00. The lowest BCUT2D eigenvalue weighted by molar-refractivity contribution is 0.281. The molecule has 0 unspecified atom stereocenters. The Bertz CT molecular complexity index is 1160. The van der Waals surface area contributed by atoms with Crippen molar-refractivity contribution in [2.75, 3.05) is 0 Å². The number of pyridine rings is 1. The Balaban J connectivity index is 2.52. The maximum atomic E-state index is 12.6. The minimum atomic E-state index is -0.585. The number of rotatable bonds is 1. The first kappa shape index (κ1) is 12.8. The van der Waals surface area contributed by atoms with E-state index < -0.39 is 17.8 Å². The predicted octanol–water partition coefficient (Wildman–Crippen LogP) is 1.83. The molecule has 0 radical (unpaired) electrons. The molecule has 1 aromatic heterocycles. The Kier molecular flexibility index (Phi) is 2.49. The van der Waals surface area contributed by atoms with Crippen molar-refractivity contribution in [2.24, 2.45) is 0 Å². The van der Waals surface area contributed by atoms with Crippen LogP contribution < -0.4 is 10.9 Å². The number of aliphatic hydroxyl groups is 1. The topological polar surface area (TPSA) is 90.4 Å². The Labute approximate surface area is 123 Å². The molecule has 0 aliphatic rings. The van der Waals surface area contributed by atoms with Crippen LogP contribution in [-0.2, 0) is 6.61 Å². The van der Waals surface area contributed by atoms with Crippen molar-refractivity contribution in [3.05, 3.63) is 62.5 Å². The second-order valence-corrected chi connectivity index (χ2v) is 5.24. The molecule has 0 saturated carbocycles. The van der Waals surface area contributed by atoms with Gasteiger partial charge in [0, 0.05) is 33.3 Å². The summed E-state index contributed by atoms with van der Waals surface area (Å²) in [4.78, 5) is 28.1. The molecule has 22 heavy (non-hydrogen) atoms. The standard InChI is InChI=1S/C17H11NO4/c19-7-9-6-8-4-5-18-15-10-2-1-3-11(20)17(22)13(10)14(12(8)15)16(9)21/h1-6,18-20H,7H2. The monoisotopic (exact) mass is 293 g/mol. The van der Waals surface area contributed by atoms with Crippen LogP contribution >= 0.6 is 0 Å². The number of benzene rings is 1. The Morgan fingerprint density at radius 3 is 2.59 bits per heavy atom. The van der Waals surface area contributed by atoms with Gasteiger partial charge in [0.2, 0.25) is 5.43 Å². The predicted molar refractivity (Wildman–Crippen MR) is 84.6 cm³/mol. The third-order valence-corrected chi connectivity index (χ3v) is 4.06. The van der Waals surface area contributed by atoms with Crippen molar-refractivity contribution >= 4 is 32.4 Å². The van der Waals surface area contributed by atoms with Crippen LogP contribution in [-0.4, -0.2) is 15.2 Å². The summed E-state index contributed by atoms with van der Waals surface area (Å²) < 4.78 is 0. The molecular formula is C17H11NO4. The summed E-state index contributed by atoms with van der Waals surface area (Å²) in [7, 11) is 0. The van der Waals surface area contributed by atoms with E-state index >= 15 is 0 Å². The number of aliphatic hydroxyl groups excluding tert-OH is 1. The van der Waals surface area contributed by atoms with Crippen molar-refractivity contribution in [1.82, 2.24) is 4.98 Å². The zero-order chi connectivity index (χ0) is 15.4. The van der Waals surface area contributed by atoms with Gasteiger partial charge in [-0.25, -0.2) is 0 Å². The first-order chi connectivity index (χ1) is 10.6. The van der Waals surface area contributed by atoms with Gasteiger partial charge in [0.1, 0.15) is 0 Å². The third-order valence-electron chi connectivity index (χ3n) is 4.06. The van der Waals surface area contributed by atoms with Crippen LogP contribution in [0.4, 0.5) is 0 Å². The van der Waals surface area contributed by atoms with Crippen molar-refractivity contribution in [2.45, 2.75) is 6.61 Å². The van der Waals surface area contributed by atoms with Crippen LogP contribution in [0.5, 0.6) is 5.75 Å². The molecule has 0 amide bonds. The molecule has 0 saturated heterocycles. The maximum Gasteiger partial charge on any atom is 0.228 e. The summed E-state index contributed by atoms with van der Waals surface area (Å²) in [5.74, 6) is -0.406. The van der Waals surface area contributed by atoms with Gasteiger partial charge in [0.25, 0.3) is 0 Å². The zero-order valence-corrected chi connectivity index (χ0v) is 11.4. The van der Waals surface area contributed by atoms with Crippen LogP contribution in [0, 0.1) is 0 Å². The molecule has 108 valence electrons. The van der Waals surface area contributed by atoms with E-state index in [2.05, 4.69) is 4.98 Å². The minimum absolute atomic E-state index is 0.185. The molecule has 4 aromatic rings. The van der Waals surface area contributed by atoms with Crippen LogP contribution in [0.25, 0.3) is 32.4 Å². The summed E-state index contributed by atoms with van der Waals surface area (Å²) in [5, 5.41) is 21.7. The first-order valence-corrected chi connectivity index (χ1v) is 6.78. The van der Waals surface area contributed by atoms with Crippen LogP contribution in [0.3, 0.4) is 0 Å². The van der Waals surface area contributed by atoms with E-state index in [1.807, 2.05) is 0 Å². The van der Waals surface area contributed by atoms with Gasteiger partial charge in [-0.2, -0.15) is 0 Å². The first-order valence-electron chi connectivity index (χ1n) is 6.78. The molecule has 0 atom stereocenters. The van der Waals surface area contributed by atoms with Gasteiger partial charge in [0.05, 0.1) is 12.1 Å². The van der Waals surface area contributed by atoms with E-state index in [9.17, 15) is 19.8 Å². The molecule has 0 fully saturated rings. The Hall–Kier alpha value is -2.92. The van der Waals surface area contributed by atoms with Gasteiger partial charge < -0.3 is 15.2 Å². The van der Waals surface area contributed by atoms with Gasteiger partial charge in [-0.15, -0.1) is 0 Å². The van der Waals surface area contributed by atoms with E-state index in [0.717, 1.165) is 5.39 Å². The SMILES string of the molecule is O=c1c(O)cccc2c3[nH]ccc4cc(CO)c(=O)c(c12)c43. The highest BCUT2D eigenvalue weighted by Crippen LogP contribution is 2.34. The smallest absolute Gasteiger partial charge is 0.228 e. The molecule has 3 aromatic carbocycles. The summed E-state index contributed by atoms with van der Waals surface area (Å²) in [6.45, 7) is -0.399. The van der Waals surface area contributed by atoms with Gasteiger partial charge in [-0.05, 0) is 23.6 Å². The van der Waals surface area contributed by atoms with E-state index in [-0.39, 0.29) is 21.8 Å². The fourth-order valence-electron chi connectivity index (χ4n) is 3.10. The van der Waals surface area contributed by atoms with E-state index in [1.54, 1.807) is 30.5 Å². The number of aromatic hydroxyl groups is 1. The number of hydrogen-bond donors (Lipinski definition) is 3. The summed E-state index contributed by atoms with van der Waals surface area (Å²) in [5.41, 5.74) is -0.0509. The van der Waals surface area contributed by atoms with Gasteiger partial charge >= 0.3 is 0 Å². The Morgan fingerprint density at radius 2 is 1.82 bits per heavy atom. The molecule has 1 heterocycles. The second kappa shape index (κ2) is 4.29. The van der Waals surface area contributed by atoms with Crippen LogP contribution in [0.1, 0.15) is 5.56 Å². The van der Waals surface area contributed by atoms with Crippen molar-refractivity contribution in [3.63, 3.8) is 0 Å². The molecular weight excluding hydrogens is 282 g/mol. The highest BCUT2D eigenvalue weighted by molar-refractivity contribution is 6.28. The van der Waals surface area contributed by atoms with E-state index in [0.29, 0.717) is 16.3 Å². The number of nitrogens with one attached hydrogen (secondary N) is 1. The summed E-state index contributed by atoms with van der Waals surface area (Å²) >= 11 is 0. The Morgan fingerprint density at radius 1 is 1.00 bits per heavy atom. The highest BCUT2D eigenvalue weighted by atomic mass is 16.3. The van der Waals surface area contributed by atoms with E-state index in [4.69, 9.17) is 0 Å². The average Bonchev–Trinajstić information content (AvgIpc) is 2.78. The normalized spacial score (nSPS) is 11.7. The van der Waals surface area contributed by atoms with Crippen molar-refractivity contribution < 1.29 is 10.2 Å². The van der Waals surface area contributed by atoms with Crippen molar-refractivity contribution in [1.29, 1.82) is 0 Å². The van der Waals surface area contributed by atoms with Gasteiger partial charge in [-0.1, -0.05) is 12.1 Å². The second-order valence-electron chi connectivity index (χ2n) is 5.24. The van der Waals surface area contributed by atoms with Crippen molar-refractivity contribution in [3.8, 4) is 5.75 Å². The van der Waals surface area contributed by atoms with Crippen LogP contribution in [0.2, 0.25) is 0 Å². The fraction of sp³-hybridized carbons (Fsp3) is 0.0588. The third kappa shape index (κ3) is 1.46. The maximum absolute atomic E-state index is 12.6. The molecule has 5 nitrogen and oxygen atoms in total. The summed E-state index contributed by atoms with van der Waals surface area (Å²) in [6.07, 6.45) is 1.72. The van der Waals surface area contributed by atoms with Gasteiger partial charge in [0.15, 0.2) is 11.2 Å². The number of hydrogen-bond acceptors (Lipinski definition) is 4. The van der Waals surface area contributed by atoms with Gasteiger partial charge in [-0.3, -0.25) is 9.59 Å². The zero-order valence-electron chi connectivity index (χ0n) is 11.4. The molecule has 0 spiro atoms. The highest BCUT2D eigenvalue weighted by Gasteiger charge is 2.19. The lowest BCUT2D eigenvalue weighted by Gasteiger charge is -2.01. The molecule has 0 aliphatic heterocycles. The lowest BCUT2D eigenvalue weighted by atomic mass is 10.0. The molecule has 0 aliphatic carbocycles. The number of aromatic nitrogens is 1. The number of fused-ring (bicyclic) bond motifs is 3. The number of H-pyrrole nitrogens is 1.